The monoisotopic (exact) mass is 499 g/mol. The third-order valence-corrected chi connectivity index (χ3v) is 7.95. The van der Waals surface area contributed by atoms with Crippen LogP contribution in [0, 0.1) is 11.6 Å². The van der Waals surface area contributed by atoms with E-state index in [-0.39, 0.29) is 4.90 Å². The summed E-state index contributed by atoms with van der Waals surface area (Å²) in [6.45, 7) is 1.64. The maximum Gasteiger partial charge on any atom is 0.243 e. The number of hydrogen-bond acceptors (Lipinski definition) is 5. The second-order valence-electron chi connectivity index (χ2n) is 6.52. The summed E-state index contributed by atoms with van der Waals surface area (Å²) in [4.78, 5) is 6.73. The van der Waals surface area contributed by atoms with Crippen molar-refractivity contribution >= 4 is 42.4 Å². The van der Waals surface area contributed by atoms with E-state index in [1.165, 1.54) is 27.8 Å². The number of anilines is 1. The van der Waals surface area contributed by atoms with Crippen molar-refractivity contribution in [2.24, 2.45) is 0 Å². The molecule has 0 amide bonds. The van der Waals surface area contributed by atoms with Crippen molar-refractivity contribution in [1.29, 1.82) is 0 Å². The third-order valence-electron chi connectivity index (χ3n) is 4.61. The first-order chi connectivity index (χ1) is 13.8. The van der Waals surface area contributed by atoms with Gasteiger partial charge in [0.15, 0.2) is 5.13 Å². The first-order valence-corrected chi connectivity index (χ1v) is 11.9. The number of thiazole rings is 1. The summed E-state index contributed by atoms with van der Waals surface area (Å²) in [5.41, 5.74) is 0.870. The van der Waals surface area contributed by atoms with Crippen LogP contribution >= 0.6 is 27.3 Å². The number of sulfonamides is 1. The van der Waals surface area contributed by atoms with Gasteiger partial charge in [0.2, 0.25) is 10.0 Å². The normalized spacial score (nSPS) is 15.6. The van der Waals surface area contributed by atoms with Gasteiger partial charge in [0.25, 0.3) is 0 Å². The molecule has 1 aliphatic heterocycles. The van der Waals surface area contributed by atoms with Gasteiger partial charge in [0, 0.05) is 47.7 Å². The molecule has 0 bridgehead atoms. The Morgan fingerprint density at radius 2 is 1.59 bits per heavy atom. The maximum absolute atomic E-state index is 13.5. The lowest BCUT2D eigenvalue weighted by atomic mass is 10.1. The van der Waals surface area contributed by atoms with Gasteiger partial charge in [0.05, 0.1) is 10.6 Å². The van der Waals surface area contributed by atoms with Crippen LogP contribution in [0.3, 0.4) is 0 Å². The first-order valence-electron chi connectivity index (χ1n) is 8.75. The van der Waals surface area contributed by atoms with Crippen LogP contribution in [-0.4, -0.2) is 43.9 Å². The summed E-state index contributed by atoms with van der Waals surface area (Å²) >= 11 is 4.67. The maximum atomic E-state index is 13.5. The lowest BCUT2D eigenvalue weighted by molar-refractivity contribution is 0.385. The van der Waals surface area contributed by atoms with Crippen LogP contribution in [0.2, 0.25) is 0 Å². The van der Waals surface area contributed by atoms with Gasteiger partial charge < -0.3 is 4.90 Å². The summed E-state index contributed by atoms with van der Waals surface area (Å²) < 4.78 is 54.8. The van der Waals surface area contributed by atoms with Crippen molar-refractivity contribution in [2.45, 2.75) is 4.90 Å². The Bertz CT molecular complexity index is 1110. The lowest BCUT2D eigenvalue weighted by Crippen LogP contribution is -2.48. The van der Waals surface area contributed by atoms with Crippen LogP contribution in [0.1, 0.15) is 0 Å². The lowest BCUT2D eigenvalue weighted by Gasteiger charge is -2.33. The average Bonchev–Trinajstić information content (AvgIpc) is 3.18. The quantitative estimate of drug-likeness (QED) is 0.535. The minimum atomic E-state index is -3.55. The Morgan fingerprint density at radius 1 is 0.966 bits per heavy atom. The van der Waals surface area contributed by atoms with E-state index in [4.69, 9.17) is 0 Å². The number of aromatic nitrogens is 1. The molecule has 3 aromatic rings. The minimum absolute atomic E-state index is 0.263. The fourth-order valence-corrected chi connectivity index (χ4v) is 5.69. The average molecular weight is 500 g/mol. The number of halogens is 3. The smallest absolute Gasteiger partial charge is 0.243 e. The van der Waals surface area contributed by atoms with Gasteiger partial charge in [-0.2, -0.15) is 4.31 Å². The van der Waals surface area contributed by atoms with E-state index in [1.54, 1.807) is 29.6 Å². The predicted octanol–water partition coefficient (Wildman–Crippen LogP) is 4.36. The zero-order valence-corrected chi connectivity index (χ0v) is 18.3. The molecule has 0 N–H and O–H groups in total. The molecule has 2 heterocycles. The molecule has 0 radical (unpaired) electrons. The molecule has 0 saturated carbocycles. The van der Waals surface area contributed by atoms with Crippen LogP contribution in [0.25, 0.3) is 11.3 Å². The van der Waals surface area contributed by atoms with E-state index >= 15 is 0 Å². The third kappa shape index (κ3) is 4.35. The van der Waals surface area contributed by atoms with Crippen LogP contribution in [-0.2, 0) is 10.0 Å². The molecule has 2 aromatic carbocycles. The fourth-order valence-electron chi connectivity index (χ4n) is 3.12. The molecule has 1 saturated heterocycles. The van der Waals surface area contributed by atoms with Crippen molar-refractivity contribution < 1.29 is 17.2 Å². The Balaban J connectivity index is 1.46. The van der Waals surface area contributed by atoms with Gasteiger partial charge in [-0.1, -0.05) is 15.9 Å². The molecular weight excluding hydrogens is 484 g/mol. The van der Waals surface area contributed by atoms with Gasteiger partial charge in [-0.15, -0.1) is 11.3 Å². The summed E-state index contributed by atoms with van der Waals surface area (Å²) in [6, 6.07) is 9.87. The number of hydrogen-bond donors (Lipinski definition) is 0. The van der Waals surface area contributed by atoms with Crippen LogP contribution in [0.4, 0.5) is 13.9 Å². The molecule has 1 aliphatic rings. The SMILES string of the molecule is O=S(=O)(c1ccc(Br)cc1)N1CCN(c2nc(-c3cc(F)cc(F)c3)cs2)CC1. The molecule has 0 aliphatic carbocycles. The van der Waals surface area contributed by atoms with E-state index < -0.39 is 21.7 Å². The summed E-state index contributed by atoms with van der Waals surface area (Å²) in [7, 11) is -3.55. The molecule has 1 aromatic heterocycles. The highest BCUT2D eigenvalue weighted by Crippen LogP contribution is 2.30. The molecule has 10 heteroatoms. The molecule has 4 rings (SSSR count). The van der Waals surface area contributed by atoms with Crippen LogP contribution < -0.4 is 4.90 Å². The molecule has 0 unspecified atom stereocenters. The number of rotatable bonds is 4. The number of nitrogens with zero attached hydrogens (tertiary/aromatic N) is 3. The number of benzene rings is 2. The summed E-state index contributed by atoms with van der Waals surface area (Å²) in [5, 5.41) is 2.44. The van der Waals surface area contributed by atoms with E-state index in [1.807, 2.05) is 4.90 Å². The molecule has 5 nitrogen and oxygen atoms in total. The van der Waals surface area contributed by atoms with E-state index in [2.05, 4.69) is 20.9 Å². The molecule has 0 atom stereocenters. The predicted molar refractivity (Wildman–Crippen MR) is 113 cm³/mol. The Hall–Kier alpha value is -1.88. The summed E-state index contributed by atoms with van der Waals surface area (Å²) in [6.07, 6.45) is 0. The van der Waals surface area contributed by atoms with E-state index in [0.717, 1.165) is 10.5 Å². The highest BCUT2D eigenvalue weighted by molar-refractivity contribution is 9.10. The van der Waals surface area contributed by atoms with Gasteiger partial charge in [-0.3, -0.25) is 0 Å². The molecule has 0 spiro atoms. The second-order valence-corrected chi connectivity index (χ2v) is 10.2. The molecule has 1 fully saturated rings. The Morgan fingerprint density at radius 3 is 2.21 bits per heavy atom. The molecule has 29 heavy (non-hydrogen) atoms. The van der Waals surface area contributed by atoms with E-state index in [9.17, 15) is 17.2 Å². The molecular formula is C19H16BrF2N3O2S2. The van der Waals surface area contributed by atoms with Gasteiger partial charge >= 0.3 is 0 Å². The largest absolute Gasteiger partial charge is 0.345 e. The van der Waals surface area contributed by atoms with Crippen LogP contribution in [0.15, 0.2) is 57.2 Å². The highest BCUT2D eigenvalue weighted by atomic mass is 79.9. The standard InChI is InChI=1S/C19H16BrF2N3O2S2/c20-14-1-3-17(4-2-14)29(26,27)25-7-5-24(6-8-25)19-23-18(12-28-19)13-9-15(21)11-16(22)10-13/h1-4,9-12H,5-8H2. The van der Waals surface area contributed by atoms with E-state index in [0.29, 0.717) is 42.6 Å². The summed E-state index contributed by atoms with van der Waals surface area (Å²) in [5.74, 6) is -1.30. The van der Waals surface area contributed by atoms with Gasteiger partial charge in [-0.05, 0) is 36.4 Å². The zero-order chi connectivity index (χ0) is 20.6. The van der Waals surface area contributed by atoms with Crippen molar-refractivity contribution in [1.82, 2.24) is 9.29 Å². The van der Waals surface area contributed by atoms with Crippen molar-refractivity contribution in [2.75, 3.05) is 31.1 Å². The first kappa shape index (κ1) is 20.4. The van der Waals surface area contributed by atoms with Crippen molar-refractivity contribution in [3.8, 4) is 11.3 Å². The van der Waals surface area contributed by atoms with Crippen molar-refractivity contribution in [3.63, 3.8) is 0 Å². The number of piperazine rings is 1. The topological polar surface area (TPSA) is 53.5 Å². The highest BCUT2D eigenvalue weighted by Gasteiger charge is 2.29. The Kier molecular flexibility index (Phi) is 5.69. The minimum Gasteiger partial charge on any atom is -0.345 e. The second kappa shape index (κ2) is 8.10. The molecule has 152 valence electrons. The van der Waals surface area contributed by atoms with Crippen molar-refractivity contribution in [3.05, 3.63) is 64.0 Å². The zero-order valence-electron chi connectivity index (χ0n) is 15.1. The van der Waals surface area contributed by atoms with Gasteiger partial charge in [-0.25, -0.2) is 22.2 Å². The fraction of sp³-hybridized carbons (Fsp3) is 0.211. The van der Waals surface area contributed by atoms with Crippen LogP contribution in [0.5, 0.6) is 0 Å². The van der Waals surface area contributed by atoms with Gasteiger partial charge in [0.1, 0.15) is 11.6 Å². The Labute approximate surface area is 179 Å².